The number of nitrogens with one attached hydrogen (secondary N) is 2. The zero-order valence-corrected chi connectivity index (χ0v) is 21.3. The number of aliphatic imine (C=N–C) groups is 1. The number of hydrogen-bond donors (Lipinski definition) is 2. The molecule has 1 aromatic rings. The Labute approximate surface area is 204 Å². The van der Waals surface area contributed by atoms with Crippen LogP contribution in [0.15, 0.2) is 41.4 Å². The fraction of sp³-hybridized carbons (Fsp3) is 0.565. The highest BCUT2D eigenvalue weighted by atomic mass is 127. The van der Waals surface area contributed by atoms with Crippen LogP contribution in [0.3, 0.4) is 0 Å². The Morgan fingerprint density at radius 3 is 2.35 bits per heavy atom. The predicted molar refractivity (Wildman–Crippen MR) is 139 cm³/mol. The largest absolute Gasteiger partial charge is 0.364 e. The summed E-state index contributed by atoms with van der Waals surface area (Å²) in [6.07, 6.45) is 6.45. The molecular formula is C23H37IN6O. The quantitative estimate of drug-likeness (QED) is 0.241. The highest BCUT2D eigenvalue weighted by Gasteiger charge is 2.22. The molecule has 172 valence electrons. The van der Waals surface area contributed by atoms with Crippen molar-refractivity contribution in [2.45, 2.75) is 32.4 Å². The molecule has 0 unspecified atom stereocenters. The maximum Gasteiger partial charge on any atom is 0.236 e. The second-order valence-corrected chi connectivity index (χ2v) is 8.22. The Bertz CT molecular complexity index is 733. The summed E-state index contributed by atoms with van der Waals surface area (Å²) in [5.74, 6) is 1.04. The van der Waals surface area contributed by atoms with E-state index in [-0.39, 0.29) is 29.9 Å². The van der Waals surface area contributed by atoms with Crippen LogP contribution in [0.1, 0.15) is 25.3 Å². The molecule has 1 amide bonds. The number of nitrogens with zero attached hydrogens (tertiary/aromatic N) is 4. The topological polar surface area (TPSA) is 63.2 Å². The molecule has 2 aliphatic heterocycles. The number of anilines is 1. The third-order valence-corrected chi connectivity index (χ3v) is 5.67. The van der Waals surface area contributed by atoms with Gasteiger partial charge >= 0.3 is 0 Å². The Morgan fingerprint density at radius 2 is 1.77 bits per heavy atom. The second-order valence-electron chi connectivity index (χ2n) is 8.22. The summed E-state index contributed by atoms with van der Waals surface area (Å²) in [5, 5.41) is 6.94. The summed E-state index contributed by atoms with van der Waals surface area (Å²) < 4.78 is 0. The highest BCUT2D eigenvalue weighted by Crippen LogP contribution is 2.18. The van der Waals surface area contributed by atoms with Gasteiger partial charge in [0, 0.05) is 58.5 Å². The summed E-state index contributed by atoms with van der Waals surface area (Å²) in [7, 11) is 3.62. The number of amides is 1. The summed E-state index contributed by atoms with van der Waals surface area (Å²) in [5.41, 5.74) is 2.47. The molecule has 2 N–H and O–H groups in total. The molecule has 1 fully saturated rings. The molecule has 0 bridgehead atoms. The normalized spacial score (nSPS) is 17.4. The van der Waals surface area contributed by atoms with Crippen LogP contribution in [0.2, 0.25) is 0 Å². The van der Waals surface area contributed by atoms with Crippen LogP contribution in [0.5, 0.6) is 0 Å². The average Bonchev–Trinajstić information content (AvgIpc) is 3.29. The van der Waals surface area contributed by atoms with E-state index in [1.54, 1.807) is 4.90 Å². The maximum absolute atomic E-state index is 11.9. The zero-order valence-electron chi connectivity index (χ0n) is 19.0. The van der Waals surface area contributed by atoms with E-state index >= 15 is 0 Å². The Hall–Kier alpha value is -1.81. The van der Waals surface area contributed by atoms with Gasteiger partial charge < -0.3 is 20.4 Å². The fourth-order valence-electron chi connectivity index (χ4n) is 3.75. The van der Waals surface area contributed by atoms with Crippen LogP contribution in [-0.4, -0.2) is 81.1 Å². The Kier molecular flexibility index (Phi) is 10.6. The third-order valence-electron chi connectivity index (χ3n) is 5.67. The first-order valence-electron chi connectivity index (χ1n) is 11.0. The number of piperidine rings is 1. The minimum atomic E-state index is 0. The minimum absolute atomic E-state index is 0. The number of carbonyl (C=O) groups excluding carboxylic acids is 1. The number of likely N-dealkylation sites (tertiary alicyclic amines) is 1. The van der Waals surface area contributed by atoms with Crippen molar-refractivity contribution in [1.82, 2.24) is 20.4 Å². The monoisotopic (exact) mass is 540 g/mol. The molecule has 1 saturated heterocycles. The molecule has 2 heterocycles. The van der Waals surface area contributed by atoms with E-state index in [0.29, 0.717) is 19.1 Å². The van der Waals surface area contributed by atoms with Gasteiger partial charge in [-0.1, -0.05) is 24.3 Å². The molecule has 0 aliphatic carbocycles. The lowest BCUT2D eigenvalue weighted by Gasteiger charge is -2.33. The molecular weight excluding hydrogens is 503 g/mol. The highest BCUT2D eigenvalue weighted by molar-refractivity contribution is 14.0. The van der Waals surface area contributed by atoms with Gasteiger partial charge in [-0.15, -0.1) is 24.0 Å². The summed E-state index contributed by atoms with van der Waals surface area (Å²) >= 11 is 0. The van der Waals surface area contributed by atoms with Crippen LogP contribution in [0.4, 0.5) is 5.69 Å². The maximum atomic E-state index is 11.9. The smallest absolute Gasteiger partial charge is 0.236 e. The number of carbonyl (C=O) groups is 1. The van der Waals surface area contributed by atoms with E-state index in [1.807, 2.05) is 14.1 Å². The number of benzene rings is 1. The van der Waals surface area contributed by atoms with Crippen molar-refractivity contribution in [2.75, 3.05) is 58.3 Å². The second kappa shape index (κ2) is 12.9. The molecule has 0 saturated carbocycles. The average molecular weight is 540 g/mol. The first-order chi connectivity index (χ1) is 14.5. The van der Waals surface area contributed by atoms with E-state index < -0.39 is 0 Å². The van der Waals surface area contributed by atoms with Crippen molar-refractivity contribution in [3.63, 3.8) is 0 Å². The van der Waals surface area contributed by atoms with E-state index in [4.69, 9.17) is 4.99 Å². The molecule has 0 spiro atoms. The van der Waals surface area contributed by atoms with Crippen LogP contribution in [-0.2, 0) is 11.3 Å². The van der Waals surface area contributed by atoms with E-state index in [0.717, 1.165) is 51.5 Å². The summed E-state index contributed by atoms with van der Waals surface area (Å²) in [6.45, 7) is 7.95. The van der Waals surface area contributed by atoms with E-state index in [9.17, 15) is 4.79 Å². The van der Waals surface area contributed by atoms with Crippen LogP contribution >= 0.6 is 24.0 Å². The summed E-state index contributed by atoms with van der Waals surface area (Å²) in [4.78, 5) is 22.9. The van der Waals surface area contributed by atoms with E-state index in [1.165, 1.54) is 11.3 Å². The first-order valence-corrected chi connectivity index (χ1v) is 11.0. The number of likely N-dealkylation sites (N-methyl/N-ethyl adjacent to an activating group) is 1. The van der Waals surface area contributed by atoms with Crippen molar-refractivity contribution in [1.29, 1.82) is 0 Å². The van der Waals surface area contributed by atoms with Gasteiger partial charge in [-0.3, -0.25) is 9.69 Å². The number of halogens is 1. The molecule has 7 nitrogen and oxygen atoms in total. The Balaban J connectivity index is 0.00000341. The lowest BCUT2D eigenvalue weighted by Crippen LogP contribution is -2.50. The Morgan fingerprint density at radius 1 is 1.13 bits per heavy atom. The van der Waals surface area contributed by atoms with Gasteiger partial charge in [0.15, 0.2) is 5.96 Å². The molecule has 31 heavy (non-hydrogen) atoms. The summed E-state index contributed by atoms with van der Waals surface area (Å²) in [6, 6.07) is 9.09. The number of guanidine groups is 1. The molecule has 0 radical (unpaired) electrons. The molecule has 8 heteroatoms. The van der Waals surface area contributed by atoms with Crippen molar-refractivity contribution < 1.29 is 4.79 Å². The minimum Gasteiger partial charge on any atom is -0.364 e. The number of hydrogen-bond acceptors (Lipinski definition) is 4. The van der Waals surface area contributed by atoms with Crippen LogP contribution in [0, 0.1) is 0 Å². The van der Waals surface area contributed by atoms with Gasteiger partial charge in [0.1, 0.15) is 0 Å². The van der Waals surface area contributed by atoms with Crippen molar-refractivity contribution in [3.05, 3.63) is 42.0 Å². The van der Waals surface area contributed by atoms with Gasteiger partial charge in [0.25, 0.3) is 0 Å². The lowest BCUT2D eigenvalue weighted by atomic mass is 10.1. The predicted octanol–water partition coefficient (Wildman–Crippen LogP) is 2.29. The van der Waals surface area contributed by atoms with Crippen molar-refractivity contribution in [3.8, 4) is 0 Å². The number of rotatable bonds is 7. The fourth-order valence-corrected chi connectivity index (χ4v) is 3.75. The van der Waals surface area contributed by atoms with E-state index in [2.05, 4.69) is 63.8 Å². The van der Waals surface area contributed by atoms with Crippen LogP contribution < -0.4 is 15.5 Å². The van der Waals surface area contributed by atoms with Crippen molar-refractivity contribution in [2.24, 2.45) is 4.99 Å². The molecule has 3 rings (SSSR count). The standard InChI is InChI=1S/C23H36N6O.HI/c1-4-24-23(26-20-11-15-28(16-12-20)18-22(30)27(2)3)25-17-19-7-9-21(10-8-19)29-13-5-6-14-29;/h5-10,20H,4,11-18H2,1-3H3,(H2,24,25,26);1H. The third kappa shape index (κ3) is 7.99. The van der Waals surface area contributed by atoms with Gasteiger partial charge in [-0.2, -0.15) is 0 Å². The van der Waals surface area contributed by atoms with Gasteiger partial charge in [0.2, 0.25) is 5.91 Å². The van der Waals surface area contributed by atoms with Gasteiger partial charge in [0.05, 0.1) is 13.1 Å². The zero-order chi connectivity index (χ0) is 21.3. The van der Waals surface area contributed by atoms with Crippen molar-refractivity contribution >= 4 is 41.5 Å². The lowest BCUT2D eigenvalue weighted by molar-refractivity contribution is -0.130. The van der Waals surface area contributed by atoms with Gasteiger partial charge in [-0.25, -0.2) is 4.99 Å². The van der Waals surface area contributed by atoms with Crippen LogP contribution in [0.25, 0.3) is 0 Å². The molecule has 2 aliphatic rings. The first kappa shape index (κ1) is 25.5. The SMILES string of the molecule is CCNC(=NCc1ccc(N2CC=CC2)cc1)NC1CCN(CC(=O)N(C)C)CC1.I. The van der Waals surface area contributed by atoms with Gasteiger partial charge in [-0.05, 0) is 37.5 Å². The molecule has 0 aromatic heterocycles. The molecule has 1 aromatic carbocycles. The molecule has 0 atom stereocenters.